The van der Waals surface area contributed by atoms with Crippen molar-refractivity contribution in [2.75, 3.05) is 45.2 Å². The van der Waals surface area contributed by atoms with E-state index in [0.29, 0.717) is 5.92 Å². The minimum absolute atomic E-state index is 0.281. The molecule has 228 valence electrons. The Hall–Kier alpha value is -3.40. The molecular formula is C25H30F6N4O5S. The Kier molecular flexibility index (Phi) is 11.5. The second kappa shape index (κ2) is 14.0. The lowest BCUT2D eigenvalue weighted by Gasteiger charge is -2.34. The Morgan fingerprint density at radius 3 is 2.12 bits per heavy atom. The van der Waals surface area contributed by atoms with Gasteiger partial charge in [0.05, 0.1) is 5.41 Å². The smallest absolute Gasteiger partial charge is 0.475 e. The van der Waals surface area contributed by atoms with Crippen molar-refractivity contribution in [3.8, 4) is 0 Å². The molecule has 0 unspecified atom stereocenters. The highest BCUT2D eigenvalue weighted by Gasteiger charge is 2.53. The van der Waals surface area contributed by atoms with E-state index in [1.165, 1.54) is 5.56 Å². The molecule has 0 spiro atoms. The molecule has 2 aliphatic heterocycles. The monoisotopic (exact) mass is 612 g/mol. The molecule has 2 fully saturated rings. The van der Waals surface area contributed by atoms with Gasteiger partial charge < -0.3 is 20.0 Å². The predicted molar refractivity (Wildman–Crippen MR) is 137 cm³/mol. The van der Waals surface area contributed by atoms with Crippen LogP contribution in [0.4, 0.5) is 32.2 Å². The second-order valence-corrected chi connectivity index (χ2v) is 10.5. The fourth-order valence-electron chi connectivity index (χ4n) is 4.81. The average Bonchev–Trinajstić information content (AvgIpc) is 3.48. The number of anilines is 1. The molecule has 2 aliphatic rings. The number of amides is 1. The maximum atomic E-state index is 13.3. The van der Waals surface area contributed by atoms with Gasteiger partial charge in [-0.15, -0.1) is 0 Å². The van der Waals surface area contributed by atoms with Crippen molar-refractivity contribution >= 4 is 35.0 Å². The molecule has 0 bridgehead atoms. The summed E-state index contributed by atoms with van der Waals surface area (Å²) >= 11 is 1.75. The third kappa shape index (κ3) is 9.59. The zero-order valence-electron chi connectivity index (χ0n) is 22.2. The quantitative estimate of drug-likeness (QED) is 0.494. The van der Waals surface area contributed by atoms with Gasteiger partial charge in [-0.3, -0.25) is 9.69 Å². The minimum atomic E-state index is -5.08. The number of aromatic nitrogens is 1. The third-order valence-electron chi connectivity index (χ3n) is 6.55. The van der Waals surface area contributed by atoms with Crippen LogP contribution in [0.1, 0.15) is 18.4 Å². The maximum absolute atomic E-state index is 13.3. The molecule has 2 N–H and O–H groups in total. The lowest BCUT2D eigenvalue weighted by molar-refractivity contribution is -0.193. The SMILES string of the molecule is CN(C)C(=O)[C@]12CCCN(Cc3ccsc3)C[C@H]1CN(c1ccccn1)C2.O=C(O)C(F)(F)F.O=C(O)C(F)(F)F. The van der Waals surface area contributed by atoms with E-state index in [2.05, 4.69) is 37.7 Å². The Morgan fingerprint density at radius 1 is 1.05 bits per heavy atom. The number of likely N-dealkylation sites (tertiary alicyclic amines) is 1. The van der Waals surface area contributed by atoms with Crippen LogP contribution in [0.5, 0.6) is 0 Å². The standard InChI is InChI=1S/C21H28N4OS.2C2HF3O2/c1-23(2)20(26)21-8-5-10-24(12-17-7-11-27-15-17)13-18(21)14-25(16-21)19-6-3-4-9-22-19;2*3-2(4,5)1(6)7/h3-4,6-7,9,11,15,18H,5,8,10,12-14,16H2,1-2H3;2*(H,6,7)/t18-,21-;;/m0../s1. The minimum Gasteiger partial charge on any atom is -0.475 e. The number of hydrogen-bond acceptors (Lipinski definition) is 7. The van der Waals surface area contributed by atoms with Crippen molar-refractivity contribution < 1.29 is 50.9 Å². The number of rotatable bonds is 4. The van der Waals surface area contributed by atoms with E-state index in [0.717, 1.165) is 51.4 Å². The lowest BCUT2D eigenvalue weighted by atomic mass is 9.74. The van der Waals surface area contributed by atoms with E-state index in [1.807, 2.05) is 32.4 Å². The summed E-state index contributed by atoms with van der Waals surface area (Å²) in [7, 11) is 3.79. The number of halogens is 6. The van der Waals surface area contributed by atoms with Crippen molar-refractivity contribution in [2.45, 2.75) is 31.7 Å². The summed E-state index contributed by atoms with van der Waals surface area (Å²) in [4.78, 5) is 42.3. The van der Waals surface area contributed by atoms with E-state index in [-0.39, 0.29) is 11.3 Å². The first-order valence-electron chi connectivity index (χ1n) is 12.2. The van der Waals surface area contributed by atoms with Crippen LogP contribution in [0.15, 0.2) is 41.2 Å². The molecule has 1 amide bonds. The number of pyridine rings is 1. The summed E-state index contributed by atoms with van der Waals surface area (Å²) in [5, 5.41) is 18.6. The lowest BCUT2D eigenvalue weighted by Crippen LogP contribution is -2.47. The van der Waals surface area contributed by atoms with Crippen LogP contribution in [0.2, 0.25) is 0 Å². The van der Waals surface area contributed by atoms with Crippen LogP contribution in [0.3, 0.4) is 0 Å². The Labute approximate surface area is 236 Å². The molecule has 2 saturated heterocycles. The molecule has 0 aromatic carbocycles. The molecule has 16 heteroatoms. The maximum Gasteiger partial charge on any atom is 0.490 e. The van der Waals surface area contributed by atoms with Crippen molar-refractivity contribution in [3.05, 3.63) is 46.8 Å². The van der Waals surface area contributed by atoms with Crippen LogP contribution in [0.25, 0.3) is 0 Å². The topological polar surface area (TPSA) is 114 Å². The number of hydrogen-bond donors (Lipinski definition) is 2. The van der Waals surface area contributed by atoms with E-state index >= 15 is 0 Å². The molecule has 0 aliphatic carbocycles. The van der Waals surface area contributed by atoms with Crippen molar-refractivity contribution in [1.29, 1.82) is 0 Å². The van der Waals surface area contributed by atoms with Crippen molar-refractivity contribution in [1.82, 2.24) is 14.8 Å². The average molecular weight is 613 g/mol. The van der Waals surface area contributed by atoms with Gasteiger partial charge in [0.15, 0.2) is 0 Å². The van der Waals surface area contributed by atoms with Gasteiger partial charge in [0.25, 0.3) is 0 Å². The number of carbonyl (C=O) groups excluding carboxylic acids is 1. The van der Waals surface area contributed by atoms with E-state index in [1.54, 1.807) is 16.2 Å². The Balaban J connectivity index is 0.000000349. The highest BCUT2D eigenvalue weighted by Crippen LogP contribution is 2.45. The largest absolute Gasteiger partial charge is 0.490 e. The van der Waals surface area contributed by atoms with E-state index in [9.17, 15) is 31.1 Å². The highest BCUT2D eigenvalue weighted by atomic mass is 32.1. The Bertz CT molecular complexity index is 1120. The summed E-state index contributed by atoms with van der Waals surface area (Å²) in [6, 6.07) is 8.24. The zero-order chi connectivity index (χ0) is 31.0. The molecule has 2 aromatic rings. The normalized spacial score (nSPS) is 20.9. The zero-order valence-corrected chi connectivity index (χ0v) is 23.0. The fraction of sp³-hybridized carbons (Fsp3) is 0.520. The molecule has 4 heterocycles. The predicted octanol–water partition coefficient (Wildman–Crippen LogP) is 4.22. The molecule has 9 nitrogen and oxygen atoms in total. The van der Waals surface area contributed by atoms with Crippen LogP contribution in [-0.2, 0) is 20.9 Å². The summed E-state index contributed by atoms with van der Waals surface area (Å²) in [5.41, 5.74) is 1.08. The fourth-order valence-corrected chi connectivity index (χ4v) is 5.47. The van der Waals surface area contributed by atoms with Gasteiger partial charge in [0, 0.05) is 52.4 Å². The van der Waals surface area contributed by atoms with Gasteiger partial charge in [0.1, 0.15) is 5.82 Å². The summed E-state index contributed by atoms with van der Waals surface area (Å²) in [5.74, 6) is -3.92. The van der Waals surface area contributed by atoms with Crippen LogP contribution in [-0.4, -0.2) is 95.5 Å². The number of carboxylic acid groups (broad SMARTS) is 2. The van der Waals surface area contributed by atoms with Crippen LogP contribution >= 0.6 is 11.3 Å². The van der Waals surface area contributed by atoms with Crippen LogP contribution in [0, 0.1) is 11.3 Å². The van der Waals surface area contributed by atoms with Gasteiger partial charge in [-0.2, -0.15) is 37.7 Å². The molecule has 41 heavy (non-hydrogen) atoms. The van der Waals surface area contributed by atoms with Gasteiger partial charge in [-0.25, -0.2) is 14.6 Å². The molecule has 4 rings (SSSR count). The first-order chi connectivity index (χ1) is 19.0. The first-order valence-corrected chi connectivity index (χ1v) is 13.1. The summed E-state index contributed by atoms with van der Waals surface area (Å²) in [6.45, 7) is 4.70. The molecule has 0 radical (unpaired) electrons. The molecule has 2 atom stereocenters. The highest BCUT2D eigenvalue weighted by molar-refractivity contribution is 7.07. The van der Waals surface area contributed by atoms with Gasteiger partial charge in [0.2, 0.25) is 5.91 Å². The number of carbonyl (C=O) groups is 3. The molecular weight excluding hydrogens is 582 g/mol. The van der Waals surface area contributed by atoms with Crippen LogP contribution < -0.4 is 4.90 Å². The number of alkyl halides is 6. The van der Waals surface area contributed by atoms with E-state index in [4.69, 9.17) is 19.8 Å². The number of aliphatic carboxylic acids is 2. The van der Waals surface area contributed by atoms with Gasteiger partial charge in [-0.05, 0) is 53.9 Å². The number of thiophene rings is 1. The Morgan fingerprint density at radius 2 is 1.66 bits per heavy atom. The van der Waals surface area contributed by atoms with Crippen molar-refractivity contribution in [3.63, 3.8) is 0 Å². The number of carboxylic acids is 2. The van der Waals surface area contributed by atoms with E-state index < -0.39 is 24.3 Å². The number of fused-ring (bicyclic) bond motifs is 1. The second-order valence-electron chi connectivity index (χ2n) is 9.70. The summed E-state index contributed by atoms with van der Waals surface area (Å²) < 4.78 is 63.5. The van der Waals surface area contributed by atoms with Gasteiger partial charge >= 0.3 is 24.3 Å². The van der Waals surface area contributed by atoms with Gasteiger partial charge in [-0.1, -0.05) is 6.07 Å². The summed E-state index contributed by atoms with van der Waals surface area (Å²) in [6.07, 6.45) is -6.30. The molecule has 0 saturated carbocycles. The van der Waals surface area contributed by atoms with Crippen molar-refractivity contribution in [2.24, 2.45) is 11.3 Å². The first kappa shape index (κ1) is 33.8. The number of nitrogens with zero attached hydrogens (tertiary/aromatic N) is 4. The molecule has 2 aromatic heterocycles. The third-order valence-corrected chi connectivity index (χ3v) is 7.28.